The van der Waals surface area contributed by atoms with Crippen molar-refractivity contribution in [3.8, 4) is 17.4 Å². The van der Waals surface area contributed by atoms with E-state index in [4.69, 9.17) is 10.1 Å². The number of alkyl halides is 2. The maximum atomic E-state index is 13.1. The highest BCUT2D eigenvalue weighted by molar-refractivity contribution is 6.15. The molecule has 0 fully saturated rings. The molecule has 0 aliphatic carbocycles. The number of ketones is 1. The Morgan fingerprint density at radius 1 is 1.27 bits per heavy atom. The van der Waals surface area contributed by atoms with Crippen molar-refractivity contribution in [2.75, 3.05) is 7.11 Å². The molecule has 1 aromatic heterocycles. The number of pyridine rings is 1. The number of rotatable bonds is 5. The standard InChI is InChI=1S/C18H16F2N2O4/c1-9-8-22-17(24-3)10(2)16(9)13(23)7-12(21)11-4-5-14-15(6-11)26-18(19,20)25-14/h4-6,8,21H,7H2,1-3H3. The van der Waals surface area contributed by atoms with E-state index in [-0.39, 0.29) is 29.4 Å². The number of aromatic nitrogens is 1. The Morgan fingerprint density at radius 3 is 2.65 bits per heavy atom. The maximum absolute atomic E-state index is 13.1. The molecular formula is C18H16F2N2O4. The number of methoxy groups -OCH3 is 1. The number of hydrogen-bond donors (Lipinski definition) is 1. The van der Waals surface area contributed by atoms with Crippen LogP contribution in [-0.4, -0.2) is 29.9 Å². The summed E-state index contributed by atoms with van der Waals surface area (Å²) >= 11 is 0. The van der Waals surface area contributed by atoms with Crippen LogP contribution in [0, 0.1) is 19.3 Å². The number of aryl methyl sites for hydroxylation is 1. The fourth-order valence-corrected chi connectivity index (χ4v) is 2.84. The molecule has 3 rings (SSSR count). The van der Waals surface area contributed by atoms with Crippen LogP contribution < -0.4 is 14.2 Å². The number of nitrogens with zero attached hydrogens (tertiary/aromatic N) is 1. The molecule has 1 aromatic carbocycles. The van der Waals surface area contributed by atoms with Crippen LogP contribution >= 0.6 is 0 Å². The van der Waals surface area contributed by atoms with Crippen molar-refractivity contribution < 1.29 is 27.8 Å². The van der Waals surface area contributed by atoms with Crippen molar-refractivity contribution in [2.24, 2.45) is 0 Å². The summed E-state index contributed by atoms with van der Waals surface area (Å²) in [5, 5.41) is 8.16. The molecule has 0 saturated carbocycles. The van der Waals surface area contributed by atoms with Gasteiger partial charge >= 0.3 is 6.29 Å². The van der Waals surface area contributed by atoms with Crippen molar-refractivity contribution in [2.45, 2.75) is 26.6 Å². The van der Waals surface area contributed by atoms with Gasteiger partial charge in [0.25, 0.3) is 0 Å². The lowest BCUT2D eigenvalue weighted by Crippen LogP contribution is -2.25. The van der Waals surface area contributed by atoms with Crippen molar-refractivity contribution in [3.05, 3.63) is 46.6 Å². The third-order valence-corrected chi connectivity index (χ3v) is 4.02. The van der Waals surface area contributed by atoms with Crippen LogP contribution in [0.15, 0.2) is 24.4 Å². The number of carbonyl (C=O) groups is 1. The predicted octanol–water partition coefficient (Wildman–Crippen LogP) is 3.67. The Kier molecular flexibility index (Phi) is 4.35. The average molecular weight is 362 g/mol. The molecule has 1 aliphatic heterocycles. The molecule has 0 amide bonds. The number of carbonyl (C=O) groups excluding carboxylic acids is 1. The molecule has 0 saturated heterocycles. The van der Waals surface area contributed by atoms with E-state index < -0.39 is 6.29 Å². The largest absolute Gasteiger partial charge is 0.586 e. The second kappa shape index (κ2) is 6.36. The number of ether oxygens (including phenoxy) is 3. The van der Waals surface area contributed by atoms with Gasteiger partial charge < -0.3 is 19.6 Å². The van der Waals surface area contributed by atoms with Gasteiger partial charge in [-0.05, 0) is 43.2 Å². The van der Waals surface area contributed by atoms with Gasteiger partial charge in [-0.15, -0.1) is 8.78 Å². The zero-order valence-corrected chi connectivity index (χ0v) is 14.4. The van der Waals surface area contributed by atoms with E-state index in [0.717, 1.165) is 0 Å². The van der Waals surface area contributed by atoms with Crippen LogP contribution in [0.4, 0.5) is 8.78 Å². The third-order valence-electron chi connectivity index (χ3n) is 4.02. The van der Waals surface area contributed by atoms with Crippen molar-refractivity contribution in [3.63, 3.8) is 0 Å². The van der Waals surface area contributed by atoms with Crippen LogP contribution in [0.5, 0.6) is 17.4 Å². The minimum absolute atomic E-state index is 0.0220. The van der Waals surface area contributed by atoms with E-state index >= 15 is 0 Å². The molecule has 2 aromatic rings. The second-order valence-corrected chi connectivity index (χ2v) is 5.86. The van der Waals surface area contributed by atoms with Gasteiger partial charge in [-0.1, -0.05) is 0 Å². The van der Waals surface area contributed by atoms with E-state index in [2.05, 4.69) is 14.5 Å². The average Bonchev–Trinajstić information content (AvgIpc) is 2.87. The second-order valence-electron chi connectivity index (χ2n) is 5.86. The monoisotopic (exact) mass is 362 g/mol. The van der Waals surface area contributed by atoms with Gasteiger partial charge in [0.2, 0.25) is 5.88 Å². The number of hydrogen-bond acceptors (Lipinski definition) is 6. The summed E-state index contributed by atoms with van der Waals surface area (Å²) in [6.07, 6.45) is -2.39. The third kappa shape index (κ3) is 3.22. The van der Waals surface area contributed by atoms with Gasteiger partial charge in [0, 0.05) is 23.0 Å². The lowest BCUT2D eigenvalue weighted by Gasteiger charge is -2.12. The molecular weight excluding hydrogens is 346 g/mol. The van der Waals surface area contributed by atoms with Crippen LogP contribution in [0.2, 0.25) is 0 Å². The first-order chi connectivity index (χ1) is 12.2. The number of fused-ring (bicyclic) bond motifs is 1. The molecule has 0 radical (unpaired) electrons. The fourth-order valence-electron chi connectivity index (χ4n) is 2.84. The van der Waals surface area contributed by atoms with Crippen molar-refractivity contribution >= 4 is 11.5 Å². The molecule has 0 atom stereocenters. The van der Waals surface area contributed by atoms with Crippen molar-refractivity contribution in [1.29, 1.82) is 5.41 Å². The molecule has 0 unspecified atom stereocenters. The van der Waals surface area contributed by atoms with E-state index in [1.54, 1.807) is 13.8 Å². The zero-order valence-electron chi connectivity index (χ0n) is 14.4. The number of Topliss-reactive ketones (excluding diaryl/α,β-unsaturated/α-hetero) is 1. The maximum Gasteiger partial charge on any atom is 0.586 e. The summed E-state index contributed by atoms with van der Waals surface area (Å²) in [7, 11) is 1.46. The SMILES string of the molecule is COc1ncc(C)c(C(=O)CC(=N)c2ccc3c(c2)OC(F)(F)O3)c1C. The number of halogens is 2. The van der Waals surface area contributed by atoms with Gasteiger partial charge in [0.05, 0.1) is 13.5 Å². The number of nitrogens with one attached hydrogen (secondary N) is 1. The topological polar surface area (TPSA) is 81.5 Å². The highest BCUT2D eigenvalue weighted by Gasteiger charge is 2.43. The van der Waals surface area contributed by atoms with Gasteiger partial charge in [0.15, 0.2) is 17.3 Å². The van der Waals surface area contributed by atoms with Gasteiger partial charge in [-0.25, -0.2) is 4.98 Å². The van der Waals surface area contributed by atoms with Gasteiger partial charge in [0.1, 0.15) is 0 Å². The zero-order chi connectivity index (χ0) is 19.1. The first-order valence-electron chi connectivity index (χ1n) is 7.73. The van der Waals surface area contributed by atoms with E-state index in [1.807, 2.05) is 0 Å². The Bertz CT molecular complexity index is 912. The van der Waals surface area contributed by atoms with Crippen LogP contribution in [0.25, 0.3) is 0 Å². The summed E-state index contributed by atoms with van der Waals surface area (Å²) in [4.78, 5) is 16.8. The molecule has 0 bridgehead atoms. The van der Waals surface area contributed by atoms with Crippen LogP contribution in [-0.2, 0) is 0 Å². The van der Waals surface area contributed by atoms with E-state index in [1.165, 1.54) is 31.5 Å². The fraction of sp³-hybridized carbons (Fsp3) is 0.278. The highest BCUT2D eigenvalue weighted by atomic mass is 19.3. The summed E-state index contributed by atoms with van der Waals surface area (Å²) < 4.78 is 40.0. The molecule has 2 heterocycles. The van der Waals surface area contributed by atoms with Gasteiger partial charge in [-0.3, -0.25) is 4.79 Å². The van der Waals surface area contributed by atoms with Crippen LogP contribution in [0.1, 0.15) is 33.5 Å². The lowest BCUT2D eigenvalue weighted by molar-refractivity contribution is -0.286. The molecule has 0 spiro atoms. The summed E-state index contributed by atoms with van der Waals surface area (Å²) in [5.41, 5.74) is 1.98. The molecule has 1 aliphatic rings. The van der Waals surface area contributed by atoms with Crippen LogP contribution in [0.3, 0.4) is 0 Å². The molecule has 26 heavy (non-hydrogen) atoms. The molecule has 8 heteroatoms. The Hall–Kier alpha value is -3.03. The Labute approximate surface area is 148 Å². The Balaban J connectivity index is 1.83. The quantitative estimate of drug-likeness (QED) is 0.648. The summed E-state index contributed by atoms with van der Waals surface area (Å²) in [5.74, 6) is -0.212. The van der Waals surface area contributed by atoms with E-state index in [0.29, 0.717) is 28.1 Å². The first-order valence-corrected chi connectivity index (χ1v) is 7.73. The van der Waals surface area contributed by atoms with Gasteiger partial charge in [-0.2, -0.15) is 0 Å². The van der Waals surface area contributed by atoms with E-state index in [9.17, 15) is 13.6 Å². The minimum Gasteiger partial charge on any atom is -0.481 e. The summed E-state index contributed by atoms with van der Waals surface area (Å²) in [6, 6.07) is 3.99. The minimum atomic E-state index is -3.72. The summed E-state index contributed by atoms with van der Waals surface area (Å²) in [6.45, 7) is 3.47. The predicted molar refractivity (Wildman–Crippen MR) is 88.7 cm³/mol. The smallest absolute Gasteiger partial charge is 0.481 e. The molecule has 1 N–H and O–H groups in total. The molecule has 6 nitrogen and oxygen atoms in total. The molecule has 136 valence electrons. The highest BCUT2D eigenvalue weighted by Crippen LogP contribution is 2.41. The number of benzene rings is 1. The Morgan fingerprint density at radius 2 is 1.96 bits per heavy atom. The van der Waals surface area contributed by atoms with Crippen molar-refractivity contribution in [1.82, 2.24) is 4.98 Å². The normalized spacial score (nSPS) is 14.2. The first kappa shape index (κ1) is 17.8. The lowest BCUT2D eigenvalue weighted by atomic mass is 9.96.